The highest BCUT2D eigenvalue weighted by Gasteiger charge is 2.31. The summed E-state index contributed by atoms with van der Waals surface area (Å²) in [5.74, 6) is 0. The Labute approximate surface area is 42.2 Å². The average Bonchev–Trinajstić information content (AvgIpc) is 1.68. The molecule has 0 aliphatic carbocycles. The summed E-state index contributed by atoms with van der Waals surface area (Å²) in [6, 6.07) is 0. The molecule has 0 saturated carbocycles. The van der Waals surface area contributed by atoms with Crippen molar-refractivity contribution in [2.45, 2.75) is 18.9 Å². The van der Waals surface area contributed by atoms with Gasteiger partial charge in [-0.1, -0.05) is 0 Å². The number of nitrogens with zero attached hydrogens (tertiary/aromatic N) is 1. The summed E-state index contributed by atoms with van der Waals surface area (Å²) in [7, 11) is 1.68. The Hall–Kier alpha value is -0.120. The van der Waals surface area contributed by atoms with Gasteiger partial charge in [-0.3, -0.25) is 4.90 Å². The molecule has 7 heavy (non-hydrogen) atoms. The van der Waals surface area contributed by atoms with Crippen molar-refractivity contribution in [1.29, 1.82) is 0 Å². The molecule has 42 valence electrons. The lowest BCUT2D eigenvalue weighted by molar-refractivity contribution is -0.186. The maximum atomic E-state index is 8.65. The fraction of sp³-hybridized carbons (Fsp3) is 1.00. The fourth-order valence-electron chi connectivity index (χ4n) is 0.582. The Bertz CT molecular complexity index is 68.1. The Morgan fingerprint density at radius 3 is 1.86 bits per heavy atom. The highest BCUT2D eigenvalue weighted by atomic mass is 16.3. The van der Waals surface area contributed by atoms with Gasteiger partial charge in [0.15, 0.2) is 0 Å². The molecule has 0 bridgehead atoms. The van der Waals surface area contributed by atoms with Crippen molar-refractivity contribution in [3.8, 4) is 0 Å². The van der Waals surface area contributed by atoms with Crippen LogP contribution in [-0.2, 0) is 0 Å². The molecular formula is C4H9NO2. The zero-order chi connectivity index (χ0) is 5.44. The molecule has 1 fully saturated rings. The lowest BCUT2D eigenvalue weighted by Crippen LogP contribution is -2.53. The van der Waals surface area contributed by atoms with Crippen LogP contribution in [0.15, 0.2) is 0 Å². The number of aliphatic hydroxyl groups excluding tert-OH is 2. The molecule has 1 saturated heterocycles. The molecule has 3 heteroatoms. The van der Waals surface area contributed by atoms with E-state index in [1.165, 1.54) is 4.90 Å². The highest BCUT2D eigenvalue weighted by Crippen LogP contribution is 2.17. The van der Waals surface area contributed by atoms with Crippen LogP contribution in [0.25, 0.3) is 0 Å². The minimum atomic E-state index is -0.407. The van der Waals surface area contributed by atoms with E-state index in [2.05, 4.69) is 0 Å². The third-order valence-electron chi connectivity index (χ3n) is 1.36. The third kappa shape index (κ3) is 0.627. The predicted octanol–water partition coefficient (Wildman–Crippen LogP) is -1.04. The number of rotatable bonds is 0. The minimum Gasteiger partial charge on any atom is -0.378 e. The zero-order valence-corrected chi connectivity index (χ0v) is 4.20. The smallest absolute Gasteiger partial charge is 0.112 e. The molecule has 0 aromatic rings. The molecule has 1 rings (SSSR count). The molecule has 2 atom stereocenters. The van der Waals surface area contributed by atoms with Gasteiger partial charge in [0.1, 0.15) is 12.5 Å². The van der Waals surface area contributed by atoms with Crippen LogP contribution in [-0.4, -0.2) is 34.6 Å². The second-order valence-corrected chi connectivity index (χ2v) is 1.86. The molecule has 0 amide bonds. The molecule has 2 unspecified atom stereocenters. The molecule has 1 heterocycles. The molecule has 0 aromatic heterocycles. The van der Waals surface area contributed by atoms with E-state index in [1.807, 2.05) is 0 Å². The summed E-state index contributed by atoms with van der Waals surface area (Å²) < 4.78 is 0. The van der Waals surface area contributed by atoms with Crippen LogP contribution in [0.5, 0.6) is 0 Å². The molecular weight excluding hydrogens is 94.0 g/mol. The number of hydrogen-bond donors (Lipinski definition) is 2. The maximum Gasteiger partial charge on any atom is 0.112 e. The van der Waals surface area contributed by atoms with Gasteiger partial charge in [0.25, 0.3) is 0 Å². The summed E-state index contributed by atoms with van der Waals surface area (Å²) in [5, 5.41) is 17.3. The molecule has 3 nitrogen and oxygen atoms in total. The quantitative estimate of drug-likeness (QED) is 0.411. The van der Waals surface area contributed by atoms with Gasteiger partial charge in [-0.15, -0.1) is 0 Å². The SMILES string of the molecule is CN1C(O)CC1O. The van der Waals surface area contributed by atoms with Gasteiger partial charge in [-0.2, -0.15) is 0 Å². The molecule has 0 radical (unpaired) electrons. The normalized spacial score (nSPS) is 43.3. The van der Waals surface area contributed by atoms with Gasteiger partial charge >= 0.3 is 0 Å². The Morgan fingerprint density at radius 1 is 1.43 bits per heavy atom. The van der Waals surface area contributed by atoms with Crippen molar-refractivity contribution < 1.29 is 10.2 Å². The van der Waals surface area contributed by atoms with Crippen LogP contribution in [0, 0.1) is 0 Å². The van der Waals surface area contributed by atoms with E-state index in [1.54, 1.807) is 7.05 Å². The predicted molar refractivity (Wildman–Crippen MR) is 24.4 cm³/mol. The van der Waals surface area contributed by atoms with Crippen molar-refractivity contribution in [3.63, 3.8) is 0 Å². The second-order valence-electron chi connectivity index (χ2n) is 1.86. The first-order valence-corrected chi connectivity index (χ1v) is 2.30. The summed E-state index contributed by atoms with van der Waals surface area (Å²) in [5.41, 5.74) is 0. The fourth-order valence-corrected chi connectivity index (χ4v) is 0.582. The van der Waals surface area contributed by atoms with Gasteiger partial charge in [0.05, 0.1) is 0 Å². The van der Waals surface area contributed by atoms with E-state index in [-0.39, 0.29) is 0 Å². The number of hydrogen-bond acceptors (Lipinski definition) is 3. The van der Waals surface area contributed by atoms with Crippen LogP contribution in [0.2, 0.25) is 0 Å². The van der Waals surface area contributed by atoms with E-state index in [0.717, 1.165) is 0 Å². The van der Waals surface area contributed by atoms with Gasteiger partial charge in [0, 0.05) is 6.42 Å². The third-order valence-corrected chi connectivity index (χ3v) is 1.36. The Morgan fingerprint density at radius 2 is 1.86 bits per heavy atom. The van der Waals surface area contributed by atoms with Crippen LogP contribution in [0.3, 0.4) is 0 Å². The van der Waals surface area contributed by atoms with E-state index in [0.29, 0.717) is 6.42 Å². The Balaban J connectivity index is 2.29. The van der Waals surface area contributed by atoms with Crippen molar-refractivity contribution in [2.24, 2.45) is 0 Å². The standard InChI is InChI=1S/C4H9NO2/c1-5-3(6)2-4(5)7/h3-4,6-7H,2H2,1H3. The monoisotopic (exact) mass is 103 g/mol. The minimum absolute atomic E-state index is 0.407. The van der Waals surface area contributed by atoms with Gasteiger partial charge in [-0.25, -0.2) is 0 Å². The van der Waals surface area contributed by atoms with Crippen LogP contribution in [0.1, 0.15) is 6.42 Å². The van der Waals surface area contributed by atoms with E-state index < -0.39 is 12.5 Å². The van der Waals surface area contributed by atoms with Crippen molar-refractivity contribution in [1.82, 2.24) is 4.90 Å². The molecule has 1 aliphatic rings. The zero-order valence-electron chi connectivity index (χ0n) is 4.20. The second kappa shape index (κ2) is 1.43. The van der Waals surface area contributed by atoms with Crippen molar-refractivity contribution in [3.05, 3.63) is 0 Å². The maximum absolute atomic E-state index is 8.65. The lowest BCUT2D eigenvalue weighted by atomic mass is 10.2. The lowest BCUT2D eigenvalue weighted by Gasteiger charge is -2.38. The first-order chi connectivity index (χ1) is 3.22. The van der Waals surface area contributed by atoms with E-state index in [9.17, 15) is 0 Å². The first-order valence-electron chi connectivity index (χ1n) is 2.30. The van der Waals surface area contributed by atoms with Crippen LogP contribution >= 0.6 is 0 Å². The van der Waals surface area contributed by atoms with E-state index >= 15 is 0 Å². The van der Waals surface area contributed by atoms with Crippen LogP contribution in [0.4, 0.5) is 0 Å². The largest absolute Gasteiger partial charge is 0.378 e. The first kappa shape index (κ1) is 5.03. The molecule has 1 aliphatic heterocycles. The van der Waals surface area contributed by atoms with Gasteiger partial charge < -0.3 is 10.2 Å². The summed E-state index contributed by atoms with van der Waals surface area (Å²) in [6.45, 7) is 0. The number of likely N-dealkylation sites (tertiary alicyclic amines) is 1. The summed E-state index contributed by atoms with van der Waals surface area (Å²) in [6.07, 6.45) is -0.318. The molecule has 0 spiro atoms. The highest BCUT2D eigenvalue weighted by molar-refractivity contribution is 4.73. The molecule has 0 aromatic carbocycles. The molecule has 2 N–H and O–H groups in total. The summed E-state index contributed by atoms with van der Waals surface area (Å²) in [4.78, 5) is 1.50. The topological polar surface area (TPSA) is 43.7 Å². The average molecular weight is 103 g/mol. The van der Waals surface area contributed by atoms with Gasteiger partial charge in [-0.05, 0) is 7.05 Å². The van der Waals surface area contributed by atoms with Crippen molar-refractivity contribution >= 4 is 0 Å². The van der Waals surface area contributed by atoms with Crippen LogP contribution < -0.4 is 0 Å². The van der Waals surface area contributed by atoms with Crippen molar-refractivity contribution in [2.75, 3.05) is 7.05 Å². The van der Waals surface area contributed by atoms with Gasteiger partial charge in [0.2, 0.25) is 0 Å². The van der Waals surface area contributed by atoms with E-state index in [4.69, 9.17) is 10.2 Å². The number of aliphatic hydroxyl groups is 2. The summed E-state index contributed by atoms with van der Waals surface area (Å²) >= 11 is 0. The Kier molecular flexibility index (Phi) is 1.03.